The summed E-state index contributed by atoms with van der Waals surface area (Å²) in [6, 6.07) is 21.8. The van der Waals surface area contributed by atoms with E-state index in [1.165, 1.54) is 6.21 Å². The lowest BCUT2D eigenvalue weighted by Gasteiger charge is -2.13. The highest BCUT2D eigenvalue weighted by atomic mass is 35.5. The van der Waals surface area contributed by atoms with Gasteiger partial charge in [0.25, 0.3) is 5.91 Å². The predicted molar refractivity (Wildman–Crippen MR) is 110 cm³/mol. The lowest BCUT2D eigenvalue weighted by atomic mass is 10.2. The molecule has 0 aliphatic rings. The molecule has 0 aliphatic heterocycles. The van der Waals surface area contributed by atoms with Gasteiger partial charge >= 0.3 is 0 Å². The topological polar surface area (TPSA) is 59.9 Å². The van der Waals surface area contributed by atoms with Crippen molar-refractivity contribution in [3.63, 3.8) is 0 Å². The second kappa shape index (κ2) is 9.58. The smallest absolute Gasteiger partial charge is 0.271 e. The molecule has 0 saturated heterocycles. The van der Waals surface area contributed by atoms with Crippen LogP contribution in [0.2, 0.25) is 5.02 Å². The van der Waals surface area contributed by atoms with Crippen LogP contribution in [0.15, 0.2) is 77.9 Å². The van der Waals surface area contributed by atoms with Crippen LogP contribution in [0.5, 0.6) is 11.5 Å². The molecular formula is C22H19ClN2O3. The molecule has 5 nitrogen and oxygen atoms in total. The molecule has 0 spiro atoms. The van der Waals surface area contributed by atoms with Crippen molar-refractivity contribution in [3.8, 4) is 11.5 Å². The van der Waals surface area contributed by atoms with Crippen LogP contribution in [0.3, 0.4) is 0 Å². The first-order valence-corrected chi connectivity index (χ1v) is 8.98. The van der Waals surface area contributed by atoms with Crippen molar-refractivity contribution in [2.75, 3.05) is 7.11 Å². The Kier molecular flexibility index (Phi) is 6.65. The zero-order chi connectivity index (χ0) is 19.8. The average Bonchev–Trinajstić information content (AvgIpc) is 2.73. The van der Waals surface area contributed by atoms with Crippen LogP contribution in [0, 0.1) is 0 Å². The summed E-state index contributed by atoms with van der Waals surface area (Å²) in [7, 11) is 1.57. The van der Waals surface area contributed by atoms with Gasteiger partial charge in [0.15, 0.2) is 11.5 Å². The molecule has 0 unspecified atom stereocenters. The van der Waals surface area contributed by atoms with E-state index in [9.17, 15) is 4.79 Å². The first kappa shape index (κ1) is 19.5. The fourth-order valence-electron chi connectivity index (χ4n) is 2.55. The summed E-state index contributed by atoms with van der Waals surface area (Å²) >= 11 is 6.02. The maximum absolute atomic E-state index is 12.1. The van der Waals surface area contributed by atoms with Gasteiger partial charge in [-0.05, 0) is 42.0 Å². The van der Waals surface area contributed by atoms with Gasteiger partial charge in [-0.15, -0.1) is 0 Å². The van der Waals surface area contributed by atoms with E-state index >= 15 is 0 Å². The number of halogens is 1. The third-order valence-corrected chi connectivity index (χ3v) is 4.14. The number of nitrogens with zero attached hydrogens (tertiary/aromatic N) is 1. The van der Waals surface area contributed by atoms with Gasteiger partial charge in [0.2, 0.25) is 0 Å². The monoisotopic (exact) mass is 394 g/mol. The molecule has 0 bridgehead atoms. The Balaban J connectivity index is 1.74. The summed E-state index contributed by atoms with van der Waals surface area (Å²) in [5.74, 6) is 0.809. The van der Waals surface area contributed by atoms with Crippen LogP contribution in [-0.2, 0) is 6.61 Å². The van der Waals surface area contributed by atoms with Gasteiger partial charge in [0.1, 0.15) is 6.61 Å². The highest BCUT2D eigenvalue weighted by Crippen LogP contribution is 2.31. The van der Waals surface area contributed by atoms with Crippen LogP contribution in [0.1, 0.15) is 21.5 Å². The fourth-order valence-corrected chi connectivity index (χ4v) is 2.76. The number of hydrogen-bond acceptors (Lipinski definition) is 4. The summed E-state index contributed by atoms with van der Waals surface area (Å²) in [6.45, 7) is 0.318. The summed E-state index contributed by atoms with van der Waals surface area (Å²) in [5, 5.41) is 4.69. The second-order valence-electron chi connectivity index (χ2n) is 5.86. The Bertz CT molecular complexity index is 975. The lowest BCUT2D eigenvalue weighted by Crippen LogP contribution is -2.17. The quantitative estimate of drug-likeness (QED) is 0.467. The second-order valence-corrected chi connectivity index (χ2v) is 6.30. The molecule has 0 aromatic heterocycles. The lowest BCUT2D eigenvalue weighted by molar-refractivity contribution is 0.0955. The number of methoxy groups -OCH3 is 1. The number of hydrogen-bond donors (Lipinski definition) is 1. The first-order chi connectivity index (χ1) is 13.7. The average molecular weight is 395 g/mol. The molecule has 3 aromatic rings. The fraction of sp³-hybridized carbons (Fsp3) is 0.0909. The number of nitrogens with one attached hydrogen (secondary N) is 1. The Morgan fingerprint density at radius 2 is 1.86 bits per heavy atom. The normalized spacial score (nSPS) is 10.6. The summed E-state index contributed by atoms with van der Waals surface area (Å²) in [4.78, 5) is 12.1. The van der Waals surface area contributed by atoms with E-state index in [4.69, 9.17) is 21.1 Å². The van der Waals surface area contributed by atoms with Crippen LogP contribution < -0.4 is 14.9 Å². The predicted octanol–water partition coefficient (Wildman–Crippen LogP) is 4.69. The van der Waals surface area contributed by atoms with Gasteiger partial charge in [-0.2, -0.15) is 5.10 Å². The molecule has 0 atom stereocenters. The zero-order valence-electron chi connectivity index (χ0n) is 15.3. The number of amides is 1. The van der Waals surface area contributed by atoms with E-state index in [-0.39, 0.29) is 5.91 Å². The Hall–Kier alpha value is -3.31. The molecule has 0 heterocycles. The van der Waals surface area contributed by atoms with Crippen LogP contribution >= 0.6 is 11.6 Å². The highest BCUT2D eigenvalue weighted by molar-refractivity contribution is 6.30. The minimum atomic E-state index is -0.291. The molecule has 1 amide bonds. The maximum Gasteiger partial charge on any atom is 0.271 e. The van der Waals surface area contributed by atoms with Gasteiger partial charge < -0.3 is 9.47 Å². The molecule has 3 aromatic carbocycles. The molecule has 142 valence electrons. The number of rotatable bonds is 7. The number of para-hydroxylation sites is 1. The molecule has 0 saturated carbocycles. The van der Waals surface area contributed by atoms with Crippen molar-refractivity contribution in [2.24, 2.45) is 5.10 Å². The van der Waals surface area contributed by atoms with Crippen molar-refractivity contribution >= 4 is 23.7 Å². The van der Waals surface area contributed by atoms with E-state index in [0.717, 1.165) is 5.56 Å². The van der Waals surface area contributed by atoms with Crippen LogP contribution in [-0.4, -0.2) is 19.2 Å². The van der Waals surface area contributed by atoms with E-state index in [2.05, 4.69) is 10.5 Å². The number of benzene rings is 3. The largest absolute Gasteiger partial charge is 0.493 e. The van der Waals surface area contributed by atoms with E-state index in [1.54, 1.807) is 37.4 Å². The Morgan fingerprint density at radius 3 is 2.61 bits per heavy atom. The highest BCUT2D eigenvalue weighted by Gasteiger charge is 2.10. The van der Waals surface area contributed by atoms with Gasteiger partial charge in [-0.3, -0.25) is 4.79 Å². The van der Waals surface area contributed by atoms with E-state index in [1.807, 2.05) is 42.5 Å². The molecule has 0 aliphatic carbocycles. The van der Waals surface area contributed by atoms with Crippen molar-refractivity contribution in [2.45, 2.75) is 6.61 Å². The number of hydrazone groups is 1. The third-order valence-electron chi connectivity index (χ3n) is 3.91. The summed E-state index contributed by atoms with van der Waals surface area (Å²) in [6.07, 6.45) is 1.52. The van der Waals surface area contributed by atoms with Gasteiger partial charge in [0, 0.05) is 16.1 Å². The molecule has 6 heteroatoms. The number of ether oxygens (including phenoxy) is 2. The molecular weight excluding hydrogens is 376 g/mol. The van der Waals surface area contributed by atoms with E-state index in [0.29, 0.717) is 34.3 Å². The SMILES string of the molecule is COc1cccc(/C=N\NC(=O)c2ccccc2)c1OCc1cccc(Cl)c1. The van der Waals surface area contributed by atoms with Crippen molar-refractivity contribution in [1.29, 1.82) is 0 Å². The van der Waals surface area contributed by atoms with E-state index < -0.39 is 0 Å². The Morgan fingerprint density at radius 1 is 1.07 bits per heavy atom. The van der Waals surface area contributed by atoms with Gasteiger partial charge in [-0.1, -0.05) is 48.0 Å². The van der Waals surface area contributed by atoms with Crippen molar-refractivity contribution < 1.29 is 14.3 Å². The van der Waals surface area contributed by atoms with Crippen LogP contribution in [0.4, 0.5) is 0 Å². The number of carbonyl (C=O) groups is 1. The Labute approximate surface area is 168 Å². The summed E-state index contributed by atoms with van der Waals surface area (Å²) < 4.78 is 11.3. The van der Waals surface area contributed by atoms with Crippen molar-refractivity contribution in [1.82, 2.24) is 5.43 Å². The molecule has 0 radical (unpaired) electrons. The molecule has 1 N–H and O–H groups in total. The van der Waals surface area contributed by atoms with Crippen molar-refractivity contribution in [3.05, 3.63) is 94.5 Å². The zero-order valence-corrected chi connectivity index (χ0v) is 16.0. The number of carbonyl (C=O) groups excluding carboxylic acids is 1. The standard InChI is InChI=1S/C22H19ClN2O3/c1-27-20-12-6-10-18(14-24-25-22(26)17-8-3-2-4-9-17)21(20)28-15-16-7-5-11-19(23)13-16/h2-14H,15H2,1H3,(H,25,26)/b24-14-. The third kappa shape index (κ3) is 5.11. The van der Waals surface area contributed by atoms with Crippen LogP contribution in [0.25, 0.3) is 0 Å². The minimum absolute atomic E-state index is 0.291. The summed E-state index contributed by atoms with van der Waals surface area (Å²) in [5.41, 5.74) is 4.65. The maximum atomic E-state index is 12.1. The molecule has 28 heavy (non-hydrogen) atoms. The first-order valence-electron chi connectivity index (χ1n) is 8.60. The minimum Gasteiger partial charge on any atom is -0.493 e. The van der Waals surface area contributed by atoms with Gasteiger partial charge in [-0.25, -0.2) is 5.43 Å². The molecule has 0 fully saturated rings. The molecule has 3 rings (SSSR count). The van der Waals surface area contributed by atoms with Gasteiger partial charge in [0.05, 0.1) is 13.3 Å².